The van der Waals surface area contributed by atoms with Crippen LogP contribution in [0.1, 0.15) is 29.7 Å². The first kappa shape index (κ1) is 34.0. The number of hydrogen-bond donors (Lipinski definition) is 2. The lowest BCUT2D eigenvalue weighted by Crippen LogP contribution is -2.40. The second-order valence-corrected chi connectivity index (χ2v) is 12.1. The molecule has 0 unspecified atom stereocenters. The molecule has 0 aliphatic rings. The predicted octanol–water partition coefficient (Wildman–Crippen LogP) is 5.96. The number of carbonyl (C=O) groups is 2. The molecule has 14 heteroatoms. The van der Waals surface area contributed by atoms with Gasteiger partial charge in [0.25, 0.3) is 21.8 Å². The van der Waals surface area contributed by atoms with Gasteiger partial charge in [-0.2, -0.15) is 18.3 Å². The highest BCUT2D eigenvalue weighted by Gasteiger charge is 2.34. The van der Waals surface area contributed by atoms with E-state index >= 15 is 0 Å². The molecule has 0 bridgehead atoms. The predicted molar refractivity (Wildman–Crippen MR) is 168 cm³/mol. The third-order valence-corrected chi connectivity index (χ3v) is 8.58. The van der Waals surface area contributed by atoms with E-state index in [4.69, 9.17) is 16.3 Å². The standard InChI is InChI=1S/C32H28ClF3N4O5S/c1-22(24-8-4-2-5-9-24)38-31(42)21-45-26-15-12-23(13-16-26)19-37-39-30(41)20-40(46(43,44)27-10-6-3-7-11-27)29-18-25(32(34,35)36)14-17-28(29)33/h2-19,22H,20-21H2,1H3,(H,38,42)(H,39,41)/t22-/m0/s1. The number of sulfonamides is 1. The molecule has 46 heavy (non-hydrogen) atoms. The van der Waals surface area contributed by atoms with Crippen LogP contribution in [-0.4, -0.2) is 39.6 Å². The molecular formula is C32H28ClF3N4O5S. The summed E-state index contributed by atoms with van der Waals surface area (Å²) in [6.45, 7) is 0.729. The molecule has 1 atom stereocenters. The fourth-order valence-corrected chi connectivity index (χ4v) is 5.87. The number of amides is 2. The van der Waals surface area contributed by atoms with E-state index in [9.17, 15) is 31.2 Å². The molecule has 240 valence electrons. The van der Waals surface area contributed by atoms with Gasteiger partial charge in [-0.15, -0.1) is 0 Å². The average molecular weight is 673 g/mol. The summed E-state index contributed by atoms with van der Waals surface area (Å²) >= 11 is 6.14. The lowest BCUT2D eigenvalue weighted by Gasteiger charge is -2.25. The van der Waals surface area contributed by atoms with E-state index in [0.29, 0.717) is 27.8 Å². The Hall–Kier alpha value is -4.88. The monoisotopic (exact) mass is 672 g/mol. The molecule has 4 rings (SSSR count). The lowest BCUT2D eigenvalue weighted by atomic mass is 10.1. The molecule has 2 amide bonds. The summed E-state index contributed by atoms with van der Waals surface area (Å²) in [5.41, 5.74) is 1.98. The molecule has 0 spiro atoms. The van der Waals surface area contributed by atoms with Gasteiger partial charge in [-0.25, -0.2) is 13.8 Å². The number of alkyl halides is 3. The maximum atomic E-state index is 13.5. The molecule has 0 aliphatic heterocycles. The highest BCUT2D eigenvalue weighted by atomic mass is 35.5. The lowest BCUT2D eigenvalue weighted by molar-refractivity contribution is -0.137. The quantitative estimate of drug-likeness (QED) is 0.142. The molecule has 0 saturated carbocycles. The number of benzene rings is 4. The molecule has 4 aromatic carbocycles. The minimum absolute atomic E-state index is 0.196. The maximum Gasteiger partial charge on any atom is 0.416 e. The second kappa shape index (κ2) is 14.9. The molecule has 2 N–H and O–H groups in total. The Morgan fingerprint density at radius 2 is 1.57 bits per heavy atom. The first-order chi connectivity index (χ1) is 21.8. The highest BCUT2D eigenvalue weighted by Crippen LogP contribution is 2.37. The number of nitrogens with one attached hydrogen (secondary N) is 2. The van der Waals surface area contributed by atoms with Crippen LogP contribution in [0.15, 0.2) is 113 Å². The molecular weight excluding hydrogens is 645 g/mol. The van der Waals surface area contributed by atoms with Crippen molar-refractivity contribution in [2.24, 2.45) is 5.10 Å². The van der Waals surface area contributed by atoms with E-state index in [1.807, 2.05) is 37.3 Å². The van der Waals surface area contributed by atoms with E-state index in [-0.39, 0.29) is 28.5 Å². The van der Waals surface area contributed by atoms with Gasteiger partial charge in [0.2, 0.25) is 0 Å². The molecule has 0 aliphatic carbocycles. The number of rotatable bonds is 12. The van der Waals surface area contributed by atoms with Gasteiger partial charge < -0.3 is 10.1 Å². The Bertz CT molecular complexity index is 1790. The van der Waals surface area contributed by atoms with E-state index in [0.717, 1.165) is 11.6 Å². The number of halogens is 4. The highest BCUT2D eigenvalue weighted by molar-refractivity contribution is 7.92. The number of nitrogens with zero attached hydrogens (tertiary/aromatic N) is 2. The van der Waals surface area contributed by atoms with Gasteiger partial charge in [-0.1, -0.05) is 60.1 Å². The van der Waals surface area contributed by atoms with Gasteiger partial charge in [0, 0.05) is 0 Å². The molecule has 0 fully saturated rings. The SMILES string of the molecule is C[C@H](NC(=O)COc1ccc(C=NNC(=O)CN(c2cc(C(F)(F)F)ccc2Cl)S(=O)(=O)c2ccccc2)cc1)c1ccccc1. The van der Waals surface area contributed by atoms with Gasteiger partial charge in [-0.3, -0.25) is 13.9 Å². The Morgan fingerprint density at radius 3 is 2.20 bits per heavy atom. The van der Waals surface area contributed by atoms with Crippen molar-refractivity contribution >= 4 is 45.3 Å². The van der Waals surface area contributed by atoms with Crippen molar-refractivity contribution in [3.8, 4) is 5.75 Å². The van der Waals surface area contributed by atoms with Crippen molar-refractivity contribution in [3.63, 3.8) is 0 Å². The Kier molecular flexibility index (Phi) is 11.0. The first-order valence-electron chi connectivity index (χ1n) is 13.7. The van der Waals surface area contributed by atoms with Crippen LogP contribution in [0.2, 0.25) is 5.02 Å². The van der Waals surface area contributed by atoms with Crippen molar-refractivity contribution in [1.82, 2.24) is 10.7 Å². The zero-order valence-corrected chi connectivity index (χ0v) is 25.8. The minimum atomic E-state index is -4.79. The van der Waals surface area contributed by atoms with Crippen molar-refractivity contribution in [2.75, 3.05) is 17.5 Å². The largest absolute Gasteiger partial charge is 0.484 e. The summed E-state index contributed by atoms with van der Waals surface area (Å²) in [5.74, 6) is -0.845. The smallest absolute Gasteiger partial charge is 0.416 e. The van der Waals surface area contributed by atoms with Gasteiger partial charge in [0.1, 0.15) is 12.3 Å². The van der Waals surface area contributed by atoms with Crippen molar-refractivity contribution in [3.05, 3.63) is 125 Å². The fourth-order valence-electron chi connectivity index (χ4n) is 4.15. The molecule has 0 radical (unpaired) electrons. The average Bonchev–Trinajstić information content (AvgIpc) is 3.04. The zero-order valence-electron chi connectivity index (χ0n) is 24.2. The third kappa shape index (κ3) is 9.08. The van der Waals surface area contributed by atoms with Crippen molar-refractivity contribution in [2.45, 2.75) is 24.0 Å². The summed E-state index contributed by atoms with van der Waals surface area (Å²) in [4.78, 5) is 24.8. The minimum Gasteiger partial charge on any atom is -0.484 e. The normalized spacial score (nSPS) is 12.4. The van der Waals surface area contributed by atoms with Crippen LogP contribution in [0.4, 0.5) is 18.9 Å². The maximum absolute atomic E-state index is 13.5. The van der Waals surface area contributed by atoms with Gasteiger partial charge in [-0.05, 0) is 72.6 Å². The van der Waals surface area contributed by atoms with E-state index in [1.165, 1.54) is 30.5 Å². The first-order valence-corrected chi connectivity index (χ1v) is 15.5. The molecule has 4 aromatic rings. The number of anilines is 1. The zero-order chi connectivity index (χ0) is 33.3. The summed E-state index contributed by atoms with van der Waals surface area (Å²) < 4.78 is 73.3. The number of hydrazone groups is 1. The van der Waals surface area contributed by atoms with Crippen LogP contribution in [-0.2, 0) is 25.8 Å². The van der Waals surface area contributed by atoms with E-state index in [1.54, 1.807) is 30.3 Å². The van der Waals surface area contributed by atoms with E-state index in [2.05, 4.69) is 15.8 Å². The molecule has 0 heterocycles. The number of carbonyl (C=O) groups excluding carboxylic acids is 2. The summed E-state index contributed by atoms with van der Waals surface area (Å²) in [7, 11) is -4.52. The van der Waals surface area contributed by atoms with Crippen LogP contribution < -0.4 is 19.8 Å². The van der Waals surface area contributed by atoms with Crippen LogP contribution >= 0.6 is 11.6 Å². The number of ether oxygens (including phenoxy) is 1. The summed E-state index contributed by atoms with van der Waals surface area (Å²) in [6, 6.07) is 24.7. The van der Waals surface area contributed by atoms with Gasteiger partial charge in [0.15, 0.2) is 6.61 Å². The van der Waals surface area contributed by atoms with Gasteiger partial charge in [0.05, 0.1) is 33.4 Å². The fraction of sp³-hybridized carbons (Fsp3) is 0.156. The van der Waals surface area contributed by atoms with Crippen LogP contribution in [0.5, 0.6) is 5.75 Å². The Labute approximate surface area is 268 Å². The second-order valence-electron chi connectivity index (χ2n) is 9.84. The van der Waals surface area contributed by atoms with Crippen molar-refractivity contribution < 1.29 is 35.9 Å². The summed E-state index contributed by atoms with van der Waals surface area (Å²) in [6.07, 6.45) is -3.52. The van der Waals surface area contributed by atoms with Gasteiger partial charge >= 0.3 is 6.18 Å². The molecule has 0 saturated heterocycles. The van der Waals surface area contributed by atoms with Crippen LogP contribution in [0.25, 0.3) is 0 Å². The van der Waals surface area contributed by atoms with Crippen molar-refractivity contribution in [1.29, 1.82) is 0 Å². The summed E-state index contributed by atoms with van der Waals surface area (Å²) in [5, 5.41) is 6.36. The Balaban J connectivity index is 1.39. The third-order valence-electron chi connectivity index (χ3n) is 6.49. The van der Waals surface area contributed by atoms with Crippen LogP contribution in [0.3, 0.4) is 0 Å². The number of hydrogen-bond acceptors (Lipinski definition) is 6. The topological polar surface area (TPSA) is 117 Å². The van der Waals surface area contributed by atoms with E-state index < -0.39 is 39.9 Å². The molecule has 0 aromatic heterocycles. The van der Waals surface area contributed by atoms with Crippen LogP contribution in [0, 0.1) is 0 Å². The Morgan fingerprint density at radius 1 is 0.935 bits per heavy atom. The molecule has 9 nitrogen and oxygen atoms in total.